The van der Waals surface area contributed by atoms with Crippen LogP contribution in [-0.4, -0.2) is 46.4 Å². The lowest BCUT2D eigenvalue weighted by atomic mass is 9.97. The summed E-state index contributed by atoms with van der Waals surface area (Å²) in [4.78, 5) is 23.6. The van der Waals surface area contributed by atoms with Gasteiger partial charge in [-0.3, -0.25) is 9.78 Å². The molecule has 1 saturated heterocycles. The minimum Gasteiger partial charge on any atom is -0.471 e. The smallest absolute Gasteiger partial charge is 0.313 e. The SMILES string of the molecule is Cn1cc(N2CCNCC2OC(=O)C(C)(C)C)c2ccc(OCc3ccccn3)nc21. The highest BCUT2D eigenvalue weighted by Gasteiger charge is 2.32. The molecular weight excluding hydrogens is 394 g/mol. The summed E-state index contributed by atoms with van der Waals surface area (Å²) in [5.74, 6) is 0.330. The van der Waals surface area contributed by atoms with Crippen LogP contribution in [0, 0.1) is 5.41 Å². The zero-order valence-electron chi connectivity index (χ0n) is 18.5. The van der Waals surface area contributed by atoms with Gasteiger partial charge in [-0.25, -0.2) is 0 Å². The molecule has 4 rings (SSSR count). The van der Waals surface area contributed by atoms with Gasteiger partial charge in [0.05, 0.1) is 23.3 Å². The van der Waals surface area contributed by atoms with Crippen molar-refractivity contribution in [2.45, 2.75) is 33.6 Å². The topological polar surface area (TPSA) is 81.5 Å². The molecule has 8 nitrogen and oxygen atoms in total. The van der Waals surface area contributed by atoms with Crippen molar-refractivity contribution in [2.24, 2.45) is 12.5 Å². The molecule has 1 unspecified atom stereocenters. The summed E-state index contributed by atoms with van der Waals surface area (Å²) in [6.45, 7) is 8.09. The molecule has 8 heteroatoms. The van der Waals surface area contributed by atoms with Crippen LogP contribution in [-0.2, 0) is 23.2 Å². The van der Waals surface area contributed by atoms with Crippen molar-refractivity contribution < 1.29 is 14.3 Å². The van der Waals surface area contributed by atoms with Gasteiger partial charge in [0.1, 0.15) is 12.3 Å². The number of ether oxygens (including phenoxy) is 2. The zero-order chi connectivity index (χ0) is 22.0. The van der Waals surface area contributed by atoms with E-state index in [0.717, 1.165) is 35.5 Å². The molecule has 1 aliphatic heterocycles. The summed E-state index contributed by atoms with van der Waals surface area (Å²) in [6.07, 6.45) is 3.41. The molecule has 1 atom stereocenters. The number of carbonyl (C=O) groups is 1. The predicted octanol–water partition coefficient (Wildman–Crippen LogP) is 2.87. The molecule has 0 aromatic carbocycles. The number of aryl methyl sites for hydroxylation is 1. The van der Waals surface area contributed by atoms with E-state index in [4.69, 9.17) is 14.5 Å². The van der Waals surface area contributed by atoms with E-state index in [1.54, 1.807) is 6.20 Å². The van der Waals surface area contributed by atoms with Gasteiger partial charge in [0, 0.05) is 44.0 Å². The molecule has 0 amide bonds. The van der Waals surface area contributed by atoms with Crippen LogP contribution < -0.4 is 15.0 Å². The molecule has 164 valence electrons. The number of hydrogen-bond donors (Lipinski definition) is 1. The number of esters is 1. The standard InChI is InChI=1S/C23H29N5O3/c1-23(2,3)22(29)31-20-13-24-11-12-28(20)18-14-27(4)21-17(18)8-9-19(26-21)30-15-16-7-5-6-10-25-16/h5-10,14,20,24H,11-13,15H2,1-4H3. The molecule has 0 spiro atoms. The molecule has 1 fully saturated rings. The maximum absolute atomic E-state index is 12.5. The van der Waals surface area contributed by atoms with E-state index in [9.17, 15) is 4.79 Å². The average molecular weight is 424 g/mol. The van der Waals surface area contributed by atoms with E-state index in [-0.39, 0.29) is 12.2 Å². The van der Waals surface area contributed by atoms with E-state index < -0.39 is 5.41 Å². The first-order valence-corrected chi connectivity index (χ1v) is 10.5. The van der Waals surface area contributed by atoms with Gasteiger partial charge in [-0.15, -0.1) is 0 Å². The molecule has 4 heterocycles. The predicted molar refractivity (Wildman–Crippen MR) is 119 cm³/mol. The highest BCUT2D eigenvalue weighted by atomic mass is 16.6. The van der Waals surface area contributed by atoms with Crippen LogP contribution in [0.1, 0.15) is 26.5 Å². The molecular formula is C23H29N5O3. The number of rotatable bonds is 5. The summed E-state index contributed by atoms with van der Waals surface area (Å²) in [6, 6.07) is 9.61. The van der Waals surface area contributed by atoms with Crippen LogP contribution in [0.15, 0.2) is 42.7 Å². The Kier molecular flexibility index (Phi) is 5.82. The minimum atomic E-state index is -0.552. The monoisotopic (exact) mass is 423 g/mol. The molecule has 0 radical (unpaired) electrons. The molecule has 3 aromatic rings. The molecule has 1 N–H and O–H groups in total. The summed E-state index contributed by atoms with van der Waals surface area (Å²) < 4.78 is 13.7. The number of nitrogens with zero attached hydrogens (tertiary/aromatic N) is 4. The maximum Gasteiger partial charge on any atom is 0.313 e. The third-order valence-corrected chi connectivity index (χ3v) is 5.23. The normalized spacial score (nSPS) is 17.0. The van der Waals surface area contributed by atoms with Crippen LogP contribution in [0.25, 0.3) is 11.0 Å². The molecule has 1 aliphatic rings. The van der Waals surface area contributed by atoms with Gasteiger partial charge in [0.2, 0.25) is 5.88 Å². The van der Waals surface area contributed by atoms with Gasteiger partial charge in [-0.1, -0.05) is 6.07 Å². The number of aromatic nitrogens is 3. The Hall–Kier alpha value is -3.13. The summed E-state index contributed by atoms with van der Waals surface area (Å²) in [7, 11) is 1.96. The van der Waals surface area contributed by atoms with Crippen LogP contribution in [0.5, 0.6) is 5.88 Å². The molecule has 0 bridgehead atoms. The number of hydrogen-bond acceptors (Lipinski definition) is 7. The van der Waals surface area contributed by atoms with Crippen molar-refractivity contribution in [3.8, 4) is 5.88 Å². The van der Waals surface area contributed by atoms with Crippen molar-refractivity contribution in [2.75, 3.05) is 24.5 Å². The summed E-state index contributed by atoms with van der Waals surface area (Å²) >= 11 is 0. The summed E-state index contributed by atoms with van der Waals surface area (Å²) in [5.41, 5.74) is 2.10. The molecule has 3 aromatic heterocycles. The third-order valence-electron chi connectivity index (χ3n) is 5.23. The average Bonchev–Trinajstić information content (AvgIpc) is 3.08. The van der Waals surface area contributed by atoms with Crippen molar-refractivity contribution in [1.82, 2.24) is 19.9 Å². The molecule has 31 heavy (non-hydrogen) atoms. The number of anilines is 1. The van der Waals surface area contributed by atoms with Crippen LogP contribution >= 0.6 is 0 Å². The Balaban J connectivity index is 1.57. The fraction of sp³-hybridized carbons (Fsp3) is 0.435. The second-order valence-electron chi connectivity index (χ2n) is 8.76. The second kappa shape index (κ2) is 8.55. The van der Waals surface area contributed by atoms with Crippen LogP contribution in [0.3, 0.4) is 0 Å². The van der Waals surface area contributed by atoms with Gasteiger partial charge in [0.15, 0.2) is 6.23 Å². The van der Waals surface area contributed by atoms with Gasteiger partial charge >= 0.3 is 5.97 Å². The minimum absolute atomic E-state index is 0.213. The lowest BCUT2D eigenvalue weighted by Crippen LogP contribution is -2.54. The first-order chi connectivity index (χ1) is 14.8. The van der Waals surface area contributed by atoms with Gasteiger partial charge in [-0.05, 0) is 39.0 Å². The summed E-state index contributed by atoms with van der Waals surface area (Å²) in [5, 5.41) is 4.31. The van der Waals surface area contributed by atoms with Gasteiger partial charge in [-0.2, -0.15) is 4.98 Å². The third kappa shape index (κ3) is 4.64. The van der Waals surface area contributed by atoms with Gasteiger partial charge < -0.3 is 24.3 Å². The Morgan fingerprint density at radius 1 is 1.26 bits per heavy atom. The van der Waals surface area contributed by atoms with E-state index in [2.05, 4.69) is 15.2 Å². The maximum atomic E-state index is 12.5. The number of carbonyl (C=O) groups excluding carboxylic acids is 1. The number of nitrogens with one attached hydrogen (secondary N) is 1. The largest absolute Gasteiger partial charge is 0.471 e. The fourth-order valence-corrected chi connectivity index (χ4v) is 3.52. The van der Waals surface area contributed by atoms with E-state index in [1.807, 2.05) is 68.9 Å². The molecule has 0 aliphatic carbocycles. The molecule has 0 saturated carbocycles. The number of pyridine rings is 2. The Morgan fingerprint density at radius 3 is 2.84 bits per heavy atom. The lowest BCUT2D eigenvalue weighted by Gasteiger charge is -2.37. The van der Waals surface area contributed by atoms with E-state index in [0.29, 0.717) is 19.0 Å². The highest BCUT2D eigenvalue weighted by Crippen LogP contribution is 2.32. The lowest BCUT2D eigenvalue weighted by molar-refractivity contribution is -0.158. The Morgan fingerprint density at radius 2 is 2.10 bits per heavy atom. The number of fused-ring (bicyclic) bond motifs is 1. The highest BCUT2D eigenvalue weighted by molar-refractivity contribution is 5.91. The van der Waals surface area contributed by atoms with Crippen molar-refractivity contribution in [3.63, 3.8) is 0 Å². The fourth-order valence-electron chi connectivity index (χ4n) is 3.52. The van der Waals surface area contributed by atoms with Crippen molar-refractivity contribution in [1.29, 1.82) is 0 Å². The Bertz CT molecular complexity index is 1060. The first kappa shape index (κ1) is 21.1. The Labute approximate surface area is 182 Å². The quantitative estimate of drug-likeness (QED) is 0.632. The van der Waals surface area contributed by atoms with Crippen LogP contribution in [0.4, 0.5) is 5.69 Å². The van der Waals surface area contributed by atoms with Crippen molar-refractivity contribution >= 4 is 22.7 Å². The van der Waals surface area contributed by atoms with E-state index >= 15 is 0 Å². The van der Waals surface area contributed by atoms with Crippen molar-refractivity contribution in [3.05, 3.63) is 48.4 Å². The number of piperazine rings is 1. The van der Waals surface area contributed by atoms with E-state index in [1.165, 1.54) is 0 Å². The second-order valence-corrected chi connectivity index (χ2v) is 8.76. The zero-order valence-corrected chi connectivity index (χ0v) is 18.5. The van der Waals surface area contributed by atoms with Gasteiger partial charge in [0.25, 0.3) is 0 Å². The first-order valence-electron chi connectivity index (χ1n) is 10.5. The van der Waals surface area contributed by atoms with Crippen LogP contribution in [0.2, 0.25) is 0 Å².